The van der Waals surface area contributed by atoms with Gasteiger partial charge < -0.3 is 11.5 Å². The zero-order valence-electron chi connectivity index (χ0n) is 14.0. The molecule has 0 spiro atoms. The Balaban J connectivity index is 2.46. The third-order valence-corrected chi connectivity index (χ3v) is 3.55. The number of nitrogens with two attached hydrogens (primary N) is 2. The summed E-state index contributed by atoms with van der Waals surface area (Å²) in [7, 11) is 0. The second-order valence-corrected chi connectivity index (χ2v) is 6.25. The van der Waals surface area contributed by atoms with Gasteiger partial charge in [-0.25, -0.2) is 0 Å². The Morgan fingerprint density at radius 1 is 1.27 bits per heavy atom. The molecule has 1 unspecified atom stereocenters. The molecule has 0 saturated carbocycles. The van der Waals surface area contributed by atoms with Crippen molar-refractivity contribution in [1.82, 2.24) is 4.98 Å². The molecule has 0 aliphatic carbocycles. The lowest BCUT2D eigenvalue weighted by Crippen LogP contribution is -2.35. The fourth-order valence-electron chi connectivity index (χ4n) is 2.41. The van der Waals surface area contributed by atoms with Crippen LogP contribution in [0.3, 0.4) is 0 Å². The molecule has 1 aromatic heterocycles. The fraction of sp³-hybridized carbons (Fsp3) is 0.421. The maximum Gasteiger partial charge on any atom is 0.0406 e. The number of aromatic nitrogens is 1. The van der Waals surface area contributed by atoms with Gasteiger partial charge in [-0.1, -0.05) is 29.4 Å². The van der Waals surface area contributed by atoms with Gasteiger partial charge in [0.15, 0.2) is 0 Å². The van der Waals surface area contributed by atoms with Crippen molar-refractivity contribution in [3.63, 3.8) is 0 Å². The largest absolute Gasteiger partial charge is 0.405 e. The Morgan fingerprint density at radius 2 is 2.05 bits per heavy atom. The number of hydrogen-bond acceptors (Lipinski definition) is 3. The van der Waals surface area contributed by atoms with Crippen molar-refractivity contribution in [2.75, 3.05) is 0 Å². The molecule has 0 aromatic carbocycles. The number of allylic oxidation sites excluding steroid dienone is 3. The van der Waals surface area contributed by atoms with E-state index in [9.17, 15) is 0 Å². The molecule has 1 atom stereocenters. The van der Waals surface area contributed by atoms with E-state index in [4.69, 9.17) is 11.5 Å². The molecule has 4 N–H and O–H groups in total. The minimum absolute atomic E-state index is 0.227. The van der Waals surface area contributed by atoms with Crippen molar-refractivity contribution < 1.29 is 0 Å². The molecule has 0 aliphatic heterocycles. The molecule has 0 radical (unpaired) electrons. The minimum Gasteiger partial charge on any atom is -0.405 e. The van der Waals surface area contributed by atoms with E-state index in [0.29, 0.717) is 0 Å². The first-order valence-electron chi connectivity index (χ1n) is 7.82. The van der Waals surface area contributed by atoms with Crippen molar-refractivity contribution in [1.29, 1.82) is 0 Å². The monoisotopic (exact) mass is 299 g/mol. The topological polar surface area (TPSA) is 64.9 Å². The molecule has 0 amide bonds. The molecular weight excluding hydrogens is 270 g/mol. The van der Waals surface area contributed by atoms with Crippen LogP contribution in [0.15, 0.2) is 60.0 Å². The van der Waals surface area contributed by atoms with Gasteiger partial charge in [0.2, 0.25) is 0 Å². The Bertz CT molecular complexity index is 525. The highest BCUT2D eigenvalue weighted by molar-refractivity contribution is 5.17. The van der Waals surface area contributed by atoms with Gasteiger partial charge in [0.25, 0.3) is 0 Å². The molecule has 1 rings (SSSR count). The van der Waals surface area contributed by atoms with E-state index in [2.05, 4.69) is 37.0 Å². The molecule has 22 heavy (non-hydrogen) atoms. The summed E-state index contributed by atoms with van der Waals surface area (Å²) in [4.78, 5) is 4.34. The van der Waals surface area contributed by atoms with Crippen LogP contribution >= 0.6 is 0 Å². The predicted molar refractivity (Wildman–Crippen MR) is 95.2 cm³/mol. The van der Waals surface area contributed by atoms with Gasteiger partial charge in [-0.05, 0) is 70.9 Å². The lowest BCUT2D eigenvalue weighted by molar-refractivity contribution is 0.468. The highest BCUT2D eigenvalue weighted by atomic mass is 14.7. The third kappa shape index (κ3) is 7.79. The summed E-state index contributed by atoms with van der Waals surface area (Å²) in [6.07, 6.45) is 13.4. The summed E-state index contributed by atoms with van der Waals surface area (Å²) in [5.74, 6) is 0. The van der Waals surface area contributed by atoms with Crippen LogP contribution in [0.2, 0.25) is 0 Å². The van der Waals surface area contributed by atoms with Crippen LogP contribution in [0.25, 0.3) is 0 Å². The zero-order valence-corrected chi connectivity index (χ0v) is 14.0. The summed E-state index contributed by atoms with van der Waals surface area (Å²) >= 11 is 0. The van der Waals surface area contributed by atoms with E-state index in [1.165, 1.54) is 5.57 Å². The average Bonchev–Trinajstić information content (AvgIpc) is 2.46. The SMILES string of the molecule is CC(/C=C\N)=C/CC(C)(N)C/C(C)=C\CCc1ccccn1. The Labute approximate surface area is 134 Å². The lowest BCUT2D eigenvalue weighted by Gasteiger charge is -2.24. The van der Waals surface area contributed by atoms with Gasteiger partial charge in [-0.15, -0.1) is 0 Å². The normalized spacial score (nSPS) is 16.0. The molecule has 0 saturated heterocycles. The predicted octanol–water partition coefficient (Wildman–Crippen LogP) is 3.88. The average molecular weight is 299 g/mol. The second kappa shape index (κ2) is 9.21. The van der Waals surface area contributed by atoms with Gasteiger partial charge >= 0.3 is 0 Å². The second-order valence-electron chi connectivity index (χ2n) is 6.25. The quantitative estimate of drug-likeness (QED) is 0.565. The van der Waals surface area contributed by atoms with E-state index >= 15 is 0 Å². The number of hydrogen-bond donors (Lipinski definition) is 2. The van der Waals surface area contributed by atoms with Gasteiger partial charge in [-0.2, -0.15) is 0 Å². The van der Waals surface area contributed by atoms with Gasteiger partial charge in [0.05, 0.1) is 0 Å². The Kier molecular flexibility index (Phi) is 7.61. The third-order valence-electron chi connectivity index (χ3n) is 3.55. The summed E-state index contributed by atoms with van der Waals surface area (Å²) in [5, 5.41) is 0. The molecular formula is C19H29N3. The highest BCUT2D eigenvalue weighted by Crippen LogP contribution is 2.19. The molecule has 1 heterocycles. The number of rotatable bonds is 8. The molecule has 0 bridgehead atoms. The van der Waals surface area contributed by atoms with Crippen molar-refractivity contribution >= 4 is 0 Å². The minimum atomic E-state index is -0.227. The molecule has 3 heteroatoms. The van der Waals surface area contributed by atoms with Crippen LogP contribution in [0.4, 0.5) is 0 Å². The summed E-state index contributed by atoms with van der Waals surface area (Å²) < 4.78 is 0. The first-order chi connectivity index (χ1) is 10.4. The Morgan fingerprint density at radius 3 is 2.68 bits per heavy atom. The summed E-state index contributed by atoms with van der Waals surface area (Å²) in [6.45, 7) is 6.29. The van der Waals surface area contributed by atoms with Crippen molar-refractivity contribution in [2.24, 2.45) is 11.5 Å². The fourth-order valence-corrected chi connectivity index (χ4v) is 2.41. The standard InChI is InChI=1S/C19H29N3/c1-16(11-13-20)10-12-19(3,21)15-17(2)7-6-9-18-8-4-5-14-22-18/h4-5,7-8,10-11,13-14H,6,9,12,15,20-21H2,1-3H3/b13-11-,16-10-,17-7-. The smallest absolute Gasteiger partial charge is 0.0406 e. The zero-order chi connectivity index (χ0) is 16.4. The van der Waals surface area contributed by atoms with Crippen molar-refractivity contribution in [2.45, 2.75) is 52.0 Å². The molecule has 3 nitrogen and oxygen atoms in total. The van der Waals surface area contributed by atoms with Gasteiger partial charge in [0.1, 0.15) is 0 Å². The van der Waals surface area contributed by atoms with E-state index in [-0.39, 0.29) is 5.54 Å². The Hall–Kier alpha value is -1.87. The number of pyridine rings is 1. The molecule has 1 aromatic rings. The van der Waals surface area contributed by atoms with Crippen molar-refractivity contribution in [3.05, 3.63) is 65.7 Å². The number of aryl methyl sites for hydroxylation is 1. The maximum absolute atomic E-state index is 6.39. The van der Waals surface area contributed by atoms with Crippen molar-refractivity contribution in [3.8, 4) is 0 Å². The van der Waals surface area contributed by atoms with E-state index in [0.717, 1.165) is 37.0 Å². The van der Waals surface area contributed by atoms with Crippen LogP contribution in [0.5, 0.6) is 0 Å². The first kappa shape index (κ1) is 18.2. The highest BCUT2D eigenvalue weighted by Gasteiger charge is 2.17. The van der Waals surface area contributed by atoms with Crippen LogP contribution in [0.1, 0.15) is 45.7 Å². The van der Waals surface area contributed by atoms with Gasteiger partial charge in [-0.3, -0.25) is 4.98 Å². The maximum atomic E-state index is 6.39. The summed E-state index contributed by atoms with van der Waals surface area (Å²) in [6, 6.07) is 6.04. The van der Waals surface area contributed by atoms with Crippen LogP contribution in [-0.4, -0.2) is 10.5 Å². The van der Waals surface area contributed by atoms with Crippen LogP contribution in [0, 0.1) is 0 Å². The van der Waals surface area contributed by atoms with E-state index < -0.39 is 0 Å². The first-order valence-corrected chi connectivity index (χ1v) is 7.82. The molecule has 120 valence electrons. The van der Waals surface area contributed by atoms with Crippen LogP contribution < -0.4 is 11.5 Å². The van der Waals surface area contributed by atoms with Gasteiger partial charge in [0, 0.05) is 17.4 Å². The lowest BCUT2D eigenvalue weighted by atomic mass is 9.89. The van der Waals surface area contributed by atoms with E-state index in [1.807, 2.05) is 31.3 Å². The molecule has 0 aliphatic rings. The van der Waals surface area contributed by atoms with E-state index in [1.54, 1.807) is 6.20 Å². The summed E-state index contributed by atoms with van der Waals surface area (Å²) in [5.41, 5.74) is 15.2. The number of nitrogens with zero attached hydrogens (tertiary/aromatic N) is 1. The van der Waals surface area contributed by atoms with Crippen LogP contribution in [-0.2, 0) is 6.42 Å². The molecule has 0 fully saturated rings.